The number of thioether (sulfide) groups is 1. The molecule has 0 amide bonds. The second kappa shape index (κ2) is 7.65. The number of nitrogens with zero attached hydrogens (tertiary/aromatic N) is 1. The third-order valence-electron chi connectivity index (χ3n) is 4.86. The summed E-state index contributed by atoms with van der Waals surface area (Å²) >= 11 is 14.5. The maximum atomic E-state index is 6.32. The summed E-state index contributed by atoms with van der Waals surface area (Å²) in [7, 11) is 0. The summed E-state index contributed by atoms with van der Waals surface area (Å²) in [5.41, 5.74) is 7.69. The summed E-state index contributed by atoms with van der Waals surface area (Å²) in [6, 6.07) is 10.4. The van der Waals surface area contributed by atoms with Crippen molar-refractivity contribution in [3.63, 3.8) is 0 Å². The van der Waals surface area contributed by atoms with Crippen molar-refractivity contribution in [2.24, 2.45) is 0 Å². The van der Waals surface area contributed by atoms with Gasteiger partial charge in [0.15, 0.2) is 0 Å². The number of aryl methyl sites for hydroxylation is 2. The SMILES string of the molecule is CCc1ccc(CC)c(N2CSC(C)=C2C)c1-c1cc(Cl)cc(Cl)c1. The van der Waals surface area contributed by atoms with E-state index in [1.807, 2.05) is 23.9 Å². The molecule has 132 valence electrons. The molecular weight excluding hydrogens is 369 g/mol. The summed E-state index contributed by atoms with van der Waals surface area (Å²) in [5.74, 6) is 0.957. The summed E-state index contributed by atoms with van der Waals surface area (Å²) < 4.78 is 0. The van der Waals surface area contributed by atoms with Gasteiger partial charge in [0.25, 0.3) is 0 Å². The molecule has 0 aliphatic carbocycles. The van der Waals surface area contributed by atoms with Gasteiger partial charge in [0.2, 0.25) is 0 Å². The number of benzene rings is 2. The van der Waals surface area contributed by atoms with Gasteiger partial charge in [-0.25, -0.2) is 0 Å². The van der Waals surface area contributed by atoms with Gasteiger partial charge in [0, 0.05) is 26.2 Å². The van der Waals surface area contributed by atoms with Crippen molar-refractivity contribution in [2.45, 2.75) is 40.5 Å². The minimum Gasteiger partial charge on any atom is -0.334 e. The molecule has 1 heterocycles. The second-order valence-corrected chi connectivity index (χ2v) is 8.35. The Hall–Kier alpha value is -1.09. The predicted molar refractivity (Wildman–Crippen MR) is 114 cm³/mol. The van der Waals surface area contributed by atoms with Crippen LogP contribution in [-0.4, -0.2) is 5.88 Å². The highest BCUT2D eigenvalue weighted by Gasteiger charge is 2.25. The maximum absolute atomic E-state index is 6.32. The lowest BCUT2D eigenvalue weighted by molar-refractivity contribution is 1.02. The fraction of sp³-hybridized carbons (Fsp3) is 0.333. The molecule has 0 unspecified atom stereocenters. The Morgan fingerprint density at radius 1 is 0.960 bits per heavy atom. The largest absolute Gasteiger partial charge is 0.334 e. The van der Waals surface area contributed by atoms with E-state index in [4.69, 9.17) is 23.2 Å². The Kier molecular flexibility index (Phi) is 5.72. The standard InChI is InChI=1S/C21H23Cl2NS/c1-5-15-7-8-16(6-2)21(24-12-25-14(4)13(24)3)20(15)17-9-18(22)11-19(23)10-17/h7-11H,5-6,12H2,1-4H3. The highest BCUT2D eigenvalue weighted by atomic mass is 35.5. The lowest BCUT2D eigenvalue weighted by atomic mass is 9.91. The van der Waals surface area contributed by atoms with Crippen molar-refractivity contribution in [3.8, 4) is 11.1 Å². The summed E-state index contributed by atoms with van der Waals surface area (Å²) in [6.45, 7) is 8.83. The molecule has 0 saturated heterocycles. The average molecular weight is 392 g/mol. The maximum Gasteiger partial charge on any atom is 0.0729 e. The van der Waals surface area contributed by atoms with Crippen molar-refractivity contribution in [1.82, 2.24) is 0 Å². The number of hydrogen-bond acceptors (Lipinski definition) is 2. The van der Waals surface area contributed by atoms with Crippen molar-refractivity contribution >= 4 is 40.7 Å². The molecule has 1 aliphatic heterocycles. The third-order valence-corrected chi connectivity index (χ3v) is 6.41. The van der Waals surface area contributed by atoms with Crippen LogP contribution in [0.4, 0.5) is 5.69 Å². The Morgan fingerprint density at radius 3 is 2.08 bits per heavy atom. The second-order valence-electron chi connectivity index (χ2n) is 6.32. The molecule has 2 aromatic rings. The van der Waals surface area contributed by atoms with Crippen molar-refractivity contribution in [3.05, 3.63) is 62.1 Å². The van der Waals surface area contributed by atoms with Crippen LogP contribution in [0.5, 0.6) is 0 Å². The lowest BCUT2D eigenvalue weighted by Gasteiger charge is -2.28. The number of anilines is 1. The first-order valence-corrected chi connectivity index (χ1v) is 10.4. The Balaban J connectivity index is 2.32. The molecule has 0 aromatic heterocycles. The lowest BCUT2D eigenvalue weighted by Crippen LogP contribution is -2.19. The fourth-order valence-electron chi connectivity index (χ4n) is 3.37. The Morgan fingerprint density at radius 2 is 1.56 bits per heavy atom. The minimum atomic E-state index is 0.677. The van der Waals surface area contributed by atoms with Crippen molar-refractivity contribution in [1.29, 1.82) is 0 Å². The zero-order valence-electron chi connectivity index (χ0n) is 15.1. The first kappa shape index (κ1) is 18.7. The van der Waals surface area contributed by atoms with Gasteiger partial charge < -0.3 is 4.90 Å². The van der Waals surface area contributed by atoms with Gasteiger partial charge in [-0.15, -0.1) is 11.8 Å². The Bertz CT molecular complexity index is 822. The molecule has 3 rings (SSSR count). The summed E-state index contributed by atoms with van der Waals surface area (Å²) in [6.07, 6.45) is 1.97. The van der Waals surface area contributed by atoms with E-state index >= 15 is 0 Å². The summed E-state index contributed by atoms with van der Waals surface area (Å²) in [4.78, 5) is 3.83. The Labute approximate surface area is 165 Å². The van der Waals surface area contributed by atoms with Gasteiger partial charge in [-0.2, -0.15) is 0 Å². The number of allylic oxidation sites excluding steroid dienone is 2. The first-order valence-electron chi connectivity index (χ1n) is 8.65. The highest BCUT2D eigenvalue weighted by molar-refractivity contribution is 8.03. The van der Waals surface area contributed by atoms with Gasteiger partial charge in [0.1, 0.15) is 0 Å². The molecule has 0 radical (unpaired) electrons. The molecule has 0 bridgehead atoms. The molecular formula is C21H23Cl2NS. The van der Waals surface area contributed by atoms with Crippen LogP contribution in [0.15, 0.2) is 40.9 Å². The van der Waals surface area contributed by atoms with Gasteiger partial charge in [-0.05, 0) is 61.6 Å². The van der Waals surface area contributed by atoms with Crippen LogP contribution in [0.3, 0.4) is 0 Å². The van der Waals surface area contributed by atoms with E-state index in [1.165, 1.54) is 33.0 Å². The zero-order chi connectivity index (χ0) is 18.1. The number of hydrogen-bond donors (Lipinski definition) is 0. The number of rotatable bonds is 4. The minimum absolute atomic E-state index is 0.677. The van der Waals surface area contributed by atoms with Crippen LogP contribution >= 0.6 is 35.0 Å². The average Bonchev–Trinajstić information content (AvgIpc) is 2.91. The fourth-order valence-corrected chi connectivity index (χ4v) is 4.86. The van der Waals surface area contributed by atoms with Gasteiger partial charge >= 0.3 is 0 Å². The highest BCUT2D eigenvalue weighted by Crippen LogP contribution is 2.45. The zero-order valence-corrected chi connectivity index (χ0v) is 17.4. The normalized spacial score (nSPS) is 14.6. The van der Waals surface area contributed by atoms with Crippen molar-refractivity contribution < 1.29 is 0 Å². The number of halogens is 2. The first-order chi connectivity index (χ1) is 12.0. The molecule has 4 heteroatoms. The van der Waals surface area contributed by atoms with E-state index in [0.717, 1.165) is 24.3 Å². The monoisotopic (exact) mass is 391 g/mol. The van der Waals surface area contributed by atoms with Crippen LogP contribution < -0.4 is 4.90 Å². The molecule has 0 fully saturated rings. The van der Waals surface area contributed by atoms with Crippen LogP contribution in [0.25, 0.3) is 11.1 Å². The molecule has 0 spiro atoms. The van der Waals surface area contributed by atoms with E-state index in [1.54, 1.807) is 6.07 Å². The van der Waals surface area contributed by atoms with E-state index < -0.39 is 0 Å². The van der Waals surface area contributed by atoms with E-state index in [0.29, 0.717) is 10.0 Å². The molecule has 0 atom stereocenters. The van der Waals surface area contributed by atoms with Gasteiger partial charge in [0.05, 0.1) is 11.6 Å². The molecule has 0 saturated carbocycles. The topological polar surface area (TPSA) is 3.24 Å². The van der Waals surface area contributed by atoms with Crippen LogP contribution in [-0.2, 0) is 12.8 Å². The third kappa shape index (κ3) is 3.58. The van der Waals surface area contributed by atoms with E-state index in [2.05, 4.69) is 44.7 Å². The van der Waals surface area contributed by atoms with Gasteiger partial charge in [-0.1, -0.05) is 49.2 Å². The molecule has 25 heavy (non-hydrogen) atoms. The summed E-state index contributed by atoms with van der Waals surface area (Å²) in [5, 5.41) is 1.35. The molecule has 0 N–H and O–H groups in total. The van der Waals surface area contributed by atoms with Crippen LogP contribution in [0.1, 0.15) is 38.8 Å². The molecule has 1 nitrogen and oxygen atoms in total. The smallest absolute Gasteiger partial charge is 0.0729 e. The quantitative estimate of drug-likeness (QED) is 0.528. The van der Waals surface area contributed by atoms with Gasteiger partial charge in [-0.3, -0.25) is 0 Å². The van der Waals surface area contributed by atoms with E-state index in [9.17, 15) is 0 Å². The van der Waals surface area contributed by atoms with Crippen LogP contribution in [0.2, 0.25) is 10.0 Å². The van der Waals surface area contributed by atoms with Crippen molar-refractivity contribution in [2.75, 3.05) is 10.8 Å². The molecule has 1 aliphatic rings. The van der Waals surface area contributed by atoms with E-state index in [-0.39, 0.29) is 0 Å². The van der Waals surface area contributed by atoms with Crippen LogP contribution in [0, 0.1) is 0 Å². The molecule has 2 aromatic carbocycles. The predicted octanol–water partition coefficient (Wildman–Crippen LogP) is 7.55.